The van der Waals surface area contributed by atoms with Gasteiger partial charge in [0.05, 0.1) is 28.9 Å². The molecule has 3 aromatic rings. The topological polar surface area (TPSA) is 85.0 Å². The van der Waals surface area contributed by atoms with Gasteiger partial charge in [0.2, 0.25) is 0 Å². The van der Waals surface area contributed by atoms with E-state index < -0.39 is 17.3 Å². The van der Waals surface area contributed by atoms with Crippen molar-refractivity contribution in [2.45, 2.75) is 13.2 Å². The van der Waals surface area contributed by atoms with Gasteiger partial charge in [0.1, 0.15) is 19.0 Å². The van der Waals surface area contributed by atoms with Gasteiger partial charge >= 0.3 is 5.97 Å². The maximum Gasteiger partial charge on any atom is 0.326 e. The minimum atomic E-state index is -0.694. The Morgan fingerprint density at radius 1 is 1.28 bits per heavy atom. The van der Waals surface area contributed by atoms with Crippen molar-refractivity contribution in [2.24, 2.45) is 0 Å². The molecule has 25 heavy (non-hydrogen) atoms. The Hall–Kier alpha value is -3.53. The van der Waals surface area contributed by atoms with Crippen LogP contribution in [0.2, 0.25) is 0 Å². The van der Waals surface area contributed by atoms with E-state index >= 15 is 0 Å². The molecule has 0 spiro atoms. The van der Waals surface area contributed by atoms with Gasteiger partial charge in [0, 0.05) is 5.56 Å². The fraction of sp³-hybridized carbons (Fsp3) is 0.111. The molecule has 0 aliphatic heterocycles. The van der Waals surface area contributed by atoms with Crippen molar-refractivity contribution in [2.75, 3.05) is 0 Å². The highest BCUT2D eigenvalue weighted by Gasteiger charge is 2.12. The lowest BCUT2D eigenvalue weighted by Gasteiger charge is -2.10. The fourth-order valence-electron chi connectivity index (χ4n) is 2.37. The van der Waals surface area contributed by atoms with Crippen LogP contribution in [0, 0.1) is 17.1 Å². The molecule has 124 valence electrons. The number of rotatable bonds is 4. The third kappa shape index (κ3) is 3.53. The molecular weight excluding hydrogens is 325 g/mol. The molecule has 1 heterocycles. The molecule has 0 saturated heterocycles. The molecule has 0 fully saturated rings. The van der Waals surface area contributed by atoms with Crippen molar-refractivity contribution in [3.8, 4) is 6.07 Å². The molecule has 0 radical (unpaired) electrons. The second kappa shape index (κ2) is 6.93. The van der Waals surface area contributed by atoms with Gasteiger partial charge in [-0.05, 0) is 30.3 Å². The summed E-state index contributed by atoms with van der Waals surface area (Å²) in [6.45, 7) is -0.640. The fourth-order valence-corrected chi connectivity index (χ4v) is 2.37. The van der Waals surface area contributed by atoms with Gasteiger partial charge < -0.3 is 4.74 Å². The predicted molar refractivity (Wildman–Crippen MR) is 86.9 cm³/mol. The summed E-state index contributed by atoms with van der Waals surface area (Å²) in [6, 6.07) is 12.6. The van der Waals surface area contributed by atoms with Crippen LogP contribution in [0.25, 0.3) is 11.0 Å². The summed E-state index contributed by atoms with van der Waals surface area (Å²) in [7, 11) is 0. The Morgan fingerprint density at radius 2 is 2.08 bits per heavy atom. The third-order valence-electron chi connectivity index (χ3n) is 3.60. The average molecular weight is 337 g/mol. The van der Waals surface area contributed by atoms with Crippen molar-refractivity contribution in [3.63, 3.8) is 0 Å². The van der Waals surface area contributed by atoms with Gasteiger partial charge in [-0.15, -0.1) is 0 Å². The average Bonchev–Trinajstić information content (AvgIpc) is 2.63. The lowest BCUT2D eigenvalue weighted by Crippen LogP contribution is -2.25. The lowest BCUT2D eigenvalue weighted by atomic mass is 10.1. The highest BCUT2D eigenvalue weighted by molar-refractivity contribution is 5.77. The summed E-state index contributed by atoms with van der Waals surface area (Å²) in [5.74, 6) is -1.27. The number of para-hydroxylation sites is 2. The van der Waals surface area contributed by atoms with E-state index in [4.69, 9.17) is 10.00 Å². The molecule has 7 heteroatoms. The number of benzene rings is 2. The first-order chi connectivity index (χ1) is 12.1. The molecule has 0 N–H and O–H groups in total. The molecule has 0 bridgehead atoms. The van der Waals surface area contributed by atoms with Gasteiger partial charge in [0.15, 0.2) is 0 Å². The van der Waals surface area contributed by atoms with Gasteiger partial charge in [0.25, 0.3) is 5.56 Å². The number of esters is 1. The van der Waals surface area contributed by atoms with Crippen molar-refractivity contribution >= 4 is 17.0 Å². The summed E-state index contributed by atoms with van der Waals surface area (Å²) in [6.07, 6.45) is 1.13. The number of hydrogen-bond acceptors (Lipinski definition) is 5. The molecule has 2 aromatic carbocycles. The number of aromatic nitrogens is 2. The summed E-state index contributed by atoms with van der Waals surface area (Å²) < 4.78 is 20.0. The minimum absolute atomic E-state index is 0.0966. The maximum atomic E-state index is 13.7. The van der Waals surface area contributed by atoms with Crippen LogP contribution in [-0.2, 0) is 22.7 Å². The van der Waals surface area contributed by atoms with E-state index in [-0.39, 0.29) is 24.3 Å². The Kier molecular flexibility index (Phi) is 4.53. The van der Waals surface area contributed by atoms with Crippen LogP contribution in [0.5, 0.6) is 0 Å². The summed E-state index contributed by atoms with van der Waals surface area (Å²) >= 11 is 0. The number of ether oxygens (including phenoxy) is 1. The number of halogens is 1. The normalized spacial score (nSPS) is 10.4. The van der Waals surface area contributed by atoms with E-state index in [9.17, 15) is 14.0 Å². The van der Waals surface area contributed by atoms with E-state index in [0.29, 0.717) is 11.0 Å². The maximum absolute atomic E-state index is 13.7. The van der Waals surface area contributed by atoms with Gasteiger partial charge in [-0.25, -0.2) is 9.37 Å². The smallest absolute Gasteiger partial charge is 0.326 e. The first-order valence-electron chi connectivity index (χ1n) is 7.37. The summed E-state index contributed by atoms with van der Waals surface area (Å²) in [5, 5.41) is 8.83. The van der Waals surface area contributed by atoms with Gasteiger partial charge in [-0.1, -0.05) is 12.1 Å². The molecular formula is C18H12FN3O3. The largest absolute Gasteiger partial charge is 0.459 e. The Labute approximate surface area is 141 Å². The monoisotopic (exact) mass is 337 g/mol. The van der Waals surface area contributed by atoms with Gasteiger partial charge in [-0.3, -0.25) is 14.2 Å². The van der Waals surface area contributed by atoms with Crippen LogP contribution < -0.4 is 5.56 Å². The van der Waals surface area contributed by atoms with E-state index in [2.05, 4.69) is 4.98 Å². The second-order valence-electron chi connectivity index (χ2n) is 5.25. The zero-order valence-corrected chi connectivity index (χ0v) is 13.0. The summed E-state index contributed by atoms with van der Waals surface area (Å²) in [4.78, 5) is 28.0. The number of nitrogens with zero attached hydrogens (tertiary/aromatic N) is 3. The van der Waals surface area contributed by atoms with Crippen molar-refractivity contribution in [3.05, 3.63) is 76.0 Å². The number of carbonyl (C=O) groups excluding carboxylic acids is 1. The van der Waals surface area contributed by atoms with Crippen LogP contribution >= 0.6 is 0 Å². The highest BCUT2D eigenvalue weighted by Crippen LogP contribution is 2.12. The molecule has 0 saturated carbocycles. The zero-order valence-electron chi connectivity index (χ0n) is 13.0. The van der Waals surface area contributed by atoms with Crippen LogP contribution in [0.4, 0.5) is 4.39 Å². The lowest BCUT2D eigenvalue weighted by molar-refractivity contribution is -0.145. The molecule has 3 rings (SSSR count). The first kappa shape index (κ1) is 16.3. The van der Waals surface area contributed by atoms with Crippen LogP contribution in [0.1, 0.15) is 11.1 Å². The molecule has 1 aromatic heterocycles. The third-order valence-corrected chi connectivity index (χ3v) is 3.60. The number of nitriles is 1. The van der Waals surface area contributed by atoms with Crippen LogP contribution in [0.3, 0.4) is 0 Å². The Bertz CT molecular complexity index is 1050. The number of fused-ring (bicyclic) bond motifs is 1. The van der Waals surface area contributed by atoms with E-state index in [1.165, 1.54) is 16.7 Å². The van der Waals surface area contributed by atoms with E-state index in [0.717, 1.165) is 12.3 Å². The number of carbonyl (C=O) groups is 1. The molecule has 0 unspecified atom stereocenters. The SMILES string of the molecule is N#Cc1ccc(F)c(COC(=O)Cn2c(=O)cnc3ccccc32)c1. The molecule has 0 atom stereocenters. The van der Waals surface area contributed by atoms with Crippen molar-refractivity contribution in [1.82, 2.24) is 9.55 Å². The van der Waals surface area contributed by atoms with E-state index in [1.54, 1.807) is 24.3 Å². The van der Waals surface area contributed by atoms with Crippen LogP contribution in [-0.4, -0.2) is 15.5 Å². The standard InChI is InChI=1S/C18H12FN3O3/c19-14-6-5-12(8-20)7-13(14)11-25-18(24)10-22-16-4-2-1-3-15(16)21-9-17(22)23/h1-7,9H,10-11H2. The summed E-state index contributed by atoms with van der Waals surface area (Å²) in [5.41, 5.74) is 1.00. The predicted octanol–water partition coefficient (Wildman–Crippen LogP) is 2.15. The number of hydrogen-bond donors (Lipinski definition) is 0. The zero-order chi connectivity index (χ0) is 17.8. The highest BCUT2D eigenvalue weighted by atomic mass is 19.1. The van der Waals surface area contributed by atoms with E-state index in [1.807, 2.05) is 6.07 Å². The molecule has 0 aliphatic carbocycles. The van der Waals surface area contributed by atoms with Crippen molar-refractivity contribution < 1.29 is 13.9 Å². The minimum Gasteiger partial charge on any atom is -0.459 e. The molecule has 6 nitrogen and oxygen atoms in total. The Morgan fingerprint density at radius 3 is 2.88 bits per heavy atom. The molecule has 0 aliphatic rings. The van der Waals surface area contributed by atoms with Crippen molar-refractivity contribution in [1.29, 1.82) is 5.26 Å². The van der Waals surface area contributed by atoms with Crippen LogP contribution in [0.15, 0.2) is 53.5 Å². The second-order valence-corrected chi connectivity index (χ2v) is 5.25. The Balaban J connectivity index is 1.77. The first-order valence-corrected chi connectivity index (χ1v) is 7.37. The quantitative estimate of drug-likeness (QED) is 0.681. The van der Waals surface area contributed by atoms with Gasteiger partial charge in [-0.2, -0.15) is 5.26 Å². The molecule has 0 amide bonds.